The van der Waals surface area contributed by atoms with E-state index in [0.29, 0.717) is 12.1 Å². The van der Waals surface area contributed by atoms with E-state index in [4.69, 9.17) is 0 Å². The van der Waals surface area contributed by atoms with E-state index in [2.05, 4.69) is 93.5 Å². The summed E-state index contributed by atoms with van der Waals surface area (Å²) in [5.41, 5.74) is 2.58. The van der Waals surface area contributed by atoms with Gasteiger partial charge in [-0.2, -0.15) is 0 Å². The van der Waals surface area contributed by atoms with E-state index in [-0.39, 0.29) is 0 Å². The minimum absolute atomic E-state index is 0.300. The predicted octanol–water partition coefficient (Wildman–Crippen LogP) is 5.62. The average Bonchev–Trinajstić information content (AvgIpc) is 2.39. The summed E-state index contributed by atoms with van der Waals surface area (Å²) >= 11 is 7.07. The van der Waals surface area contributed by atoms with Crippen molar-refractivity contribution in [2.45, 2.75) is 25.9 Å². The molecule has 19 heavy (non-hydrogen) atoms. The van der Waals surface area contributed by atoms with Gasteiger partial charge in [-0.1, -0.05) is 62.2 Å². The Morgan fingerprint density at radius 2 is 1.47 bits per heavy atom. The van der Waals surface area contributed by atoms with Crippen molar-refractivity contribution in [3.8, 4) is 0 Å². The molecule has 0 saturated carbocycles. The van der Waals surface area contributed by atoms with Crippen LogP contribution in [0.25, 0.3) is 0 Å². The number of benzene rings is 2. The Hall–Kier alpha value is -0.640. The minimum Gasteiger partial charge on any atom is -0.304 e. The van der Waals surface area contributed by atoms with Crippen molar-refractivity contribution in [2.24, 2.45) is 0 Å². The van der Waals surface area contributed by atoms with Crippen molar-refractivity contribution in [1.82, 2.24) is 5.32 Å². The van der Waals surface area contributed by atoms with Crippen LogP contribution in [0.1, 0.15) is 37.1 Å². The molecule has 0 spiro atoms. The van der Waals surface area contributed by atoms with Gasteiger partial charge in [0.2, 0.25) is 0 Å². The van der Waals surface area contributed by atoms with Crippen molar-refractivity contribution in [1.29, 1.82) is 0 Å². The quantitative estimate of drug-likeness (QED) is 0.723. The third-order valence-electron chi connectivity index (χ3n) is 3.24. The summed E-state index contributed by atoms with van der Waals surface area (Å²) in [5, 5.41) is 3.63. The summed E-state index contributed by atoms with van der Waals surface area (Å²) in [6, 6.07) is 17.4. The maximum atomic E-state index is 3.63. The first-order chi connectivity index (χ1) is 9.08. The molecule has 3 heteroatoms. The Morgan fingerprint density at radius 1 is 0.842 bits per heavy atom. The molecule has 1 nitrogen and oxygen atoms in total. The van der Waals surface area contributed by atoms with E-state index in [9.17, 15) is 0 Å². The Labute approximate surface area is 131 Å². The van der Waals surface area contributed by atoms with E-state index in [1.165, 1.54) is 11.1 Å². The standard InChI is InChI=1S/C16H17Br2N/c1-11(13-7-9-14(17)10-8-13)19-12(2)15-5-3-4-6-16(15)18/h3-12,19H,1-2H3/t11?,12-/m1/s1. The van der Waals surface area contributed by atoms with Gasteiger partial charge in [-0.3, -0.25) is 0 Å². The van der Waals surface area contributed by atoms with Crippen LogP contribution >= 0.6 is 31.9 Å². The molecule has 0 radical (unpaired) electrons. The third kappa shape index (κ3) is 3.91. The number of rotatable bonds is 4. The first-order valence-corrected chi connectivity index (χ1v) is 7.92. The highest BCUT2D eigenvalue weighted by Gasteiger charge is 2.12. The Bertz CT molecular complexity index is 537. The largest absolute Gasteiger partial charge is 0.304 e. The van der Waals surface area contributed by atoms with E-state index in [0.717, 1.165) is 8.95 Å². The van der Waals surface area contributed by atoms with Gasteiger partial charge in [0, 0.05) is 21.0 Å². The molecule has 2 atom stereocenters. The second-order valence-corrected chi connectivity index (χ2v) is 6.45. The van der Waals surface area contributed by atoms with E-state index in [1.54, 1.807) is 0 Å². The van der Waals surface area contributed by atoms with Gasteiger partial charge in [0.25, 0.3) is 0 Å². The lowest BCUT2D eigenvalue weighted by molar-refractivity contribution is 0.493. The summed E-state index contributed by atoms with van der Waals surface area (Å²) in [4.78, 5) is 0. The number of nitrogens with one attached hydrogen (secondary N) is 1. The third-order valence-corrected chi connectivity index (χ3v) is 4.49. The van der Waals surface area contributed by atoms with Crippen molar-refractivity contribution in [2.75, 3.05) is 0 Å². The van der Waals surface area contributed by atoms with Crippen LogP contribution in [0.3, 0.4) is 0 Å². The SMILES string of the molecule is CC(N[C@H](C)c1ccccc1Br)c1ccc(Br)cc1. The fraction of sp³-hybridized carbons (Fsp3) is 0.250. The molecule has 0 heterocycles. The van der Waals surface area contributed by atoms with Gasteiger partial charge in [-0.25, -0.2) is 0 Å². The molecule has 0 bridgehead atoms. The van der Waals surface area contributed by atoms with Crippen LogP contribution in [0.2, 0.25) is 0 Å². The summed E-state index contributed by atoms with van der Waals surface area (Å²) in [7, 11) is 0. The molecule has 100 valence electrons. The van der Waals surface area contributed by atoms with Crippen molar-refractivity contribution < 1.29 is 0 Å². The van der Waals surface area contributed by atoms with Crippen LogP contribution in [0.4, 0.5) is 0 Å². The highest BCUT2D eigenvalue weighted by atomic mass is 79.9. The second-order valence-electron chi connectivity index (χ2n) is 4.68. The Kier molecular flexibility index (Phi) is 5.20. The molecule has 2 aromatic rings. The molecule has 0 amide bonds. The van der Waals surface area contributed by atoms with Crippen LogP contribution in [0, 0.1) is 0 Å². The van der Waals surface area contributed by atoms with Gasteiger partial charge < -0.3 is 5.32 Å². The molecule has 2 aromatic carbocycles. The molecular weight excluding hydrogens is 366 g/mol. The molecule has 0 aliphatic heterocycles. The van der Waals surface area contributed by atoms with Gasteiger partial charge in [0.05, 0.1) is 0 Å². The van der Waals surface area contributed by atoms with Crippen LogP contribution < -0.4 is 5.32 Å². The van der Waals surface area contributed by atoms with Crippen molar-refractivity contribution in [3.05, 3.63) is 68.6 Å². The lowest BCUT2D eigenvalue weighted by Gasteiger charge is -2.21. The lowest BCUT2D eigenvalue weighted by Crippen LogP contribution is -2.22. The molecular formula is C16H17Br2N. The smallest absolute Gasteiger partial charge is 0.0308 e. The van der Waals surface area contributed by atoms with Crippen LogP contribution in [0.15, 0.2) is 57.5 Å². The Morgan fingerprint density at radius 3 is 2.11 bits per heavy atom. The Balaban J connectivity index is 2.08. The highest BCUT2D eigenvalue weighted by Crippen LogP contribution is 2.25. The van der Waals surface area contributed by atoms with Gasteiger partial charge in [0.1, 0.15) is 0 Å². The van der Waals surface area contributed by atoms with Gasteiger partial charge >= 0.3 is 0 Å². The zero-order valence-corrected chi connectivity index (χ0v) is 14.2. The van der Waals surface area contributed by atoms with Crippen LogP contribution in [0.5, 0.6) is 0 Å². The lowest BCUT2D eigenvalue weighted by atomic mass is 10.0. The monoisotopic (exact) mass is 381 g/mol. The molecule has 0 saturated heterocycles. The summed E-state index contributed by atoms with van der Waals surface area (Å²) < 4.78 is 2.26. The zero-order chi connectivity index (χ0) is 13.8. The van der Waals surface area contributed by atoms with Gasteiger partial charge in [0.15, 0.2) is 0 Å². The zero-order valence-electron chi connectivity index (χ0n) is 11.0. The fourth-order valence-electron chi connectivity index (χ4n) is 2.14. The first kappa shape index (κ1) is 14.8. The highest BCUT2D eigenvalue weighted by molar-refractivity contribution is 9.10. The molecule has 0 aromatic heterocycles. The second kappa shape index (κ2) is 6.69. The topological polar surface area (TPSA) is 12.0 Å². The van der Waals surface area contributed by atoms with Crippen molar-refractivity contribution >= 4 is 31.9 Å². The van der Waals surface area contributed by atoms with E-state index in [1.807, 2.05) is 6.07 Å². The van der Waals surface area contributed by atoms with Crippen LogP contribution in [-0.2, 0) is 0 Å². The van der Waals surface area contributed by atoms with Gasteiger partial charge in [-0.05, 0) is 43.2 Å². The van der Waals surface area contributed by atoms with Gasteiger partial charge in [-0.15, -0.1) is 0 Å². The summed E-state index contributed by atoms with van der Waals surface area (Å²) in [5.74, 6) is 0. The number of hydrogen-bond donors (Lipinski definition) is 1. The fourth-order valence-corrected chi connectivity index (χ4v) is 3.03. The summed E-state index contributed by atoms with van der Waals surface area (Å²) in [6.45, 7) is 4.38. The average molecular weight is 383 g/mol. The predicted molar refractivity (Wildman–Crippen MR) is 88.2 cm³/mol. The first-order valence-electron chi connectivity index (χ1n) is 6.34. The molecule has 1 N–H and O–H groups in total. The molecule has 0 aliphatic carbocycles. The molecule has 0 fully saturated rings. The van der Waals surface area contributed by atoms with E-state index < -0.39 is 0 Å². The number of halogens is 2. The molecule has 1 unspecified atom stereocenters. The maximum absolute atomic E-state index is 3.63. The maximum Gasteiger partial charge on any atom is 0.0308 e. The summed E-state index contributed by atoms with van der Waals surface area (Å²) in [6.07, 6.45) is 0. The van der Waals surface area contributed by atoms with Crippen LogP contribution in [-0.4, -0.2) is 0 Å². The molecule has 0 aliphatic rings. The minimum atomic E-state index is 0.300. The van der Waals surface area contributed by atoms with Crippen molar-refractivity contribution in [3.63, 3.8) is 0 Å². The normalized spacial score (nSPS) is 14.1. The van der Waals surface area contributed by atoms with E-state index >= 15 is 0 Å². The number of hydrogen-bond acceptors (Lipinski definition) is 1. The molecule has 2 rings (SSSR count).